The number of nitrogen functional groups attached to an aromatic ring is 1. The minimum atomic E-state index is -2.97. The first-order chi connectivity index (χ1) is 13.6. The fourth-order valence-electron chi connectivity index (χ4n) is 3.33. The fraction of sp³-hybridized carbons (Fsp3) is 0.350. The van der Waals surface area contributed by atoms with Crippen molar-refractivity contribution in [3.05, 3.63) is 52.7 Å². The summed E-state index contributed by atoms with van der Waals surface area (Å²) in [6.07, 6.45) is 0.741. The number of pyridine rings is 1. The number of carbonyl (C=O) groups is 2. The van der Waals surface area contributed by atoms with Crippen LogP contribution in [0.1, 0.15) is 30.5 Å². The third kappa shape index (κ3) is 4.48. The van der Waals surface area contributed by atoms with Crippen molar-refractivity contribution in [1.82, 2.24) is 9.88 Å². The number of hydrogen-bond donors (Lipinski definition) is 2. The van der Waals surface area contributed by atoms with Crippen LogP contribution in [0.25, 0.3) is 0 Å². The van der Waals surface area contributed by atoms with E-state index in [2.05, 4.69) is 10.3 Å². The van der Waals surface area contributed by atoms with Crippen molar-refractivity contribution in [2.45, 2.75) is 32.2 Å². The van der Waals surface area contributed by atoms with Crippen LogP contribution in [-0.2, 0) is 9.59 Å². The molecule has 0 radical (unpaired) electrons. The van der Waals surface area contributed by atoms with Gasteiger partial charge in [0, 0.05) is 23.9 Å². The second-order valence-electron chi connectivity index (χ2n) is 7.27. The number of halogens is 3. The van der Waals surface area contributed by atoms with Crippen molar-refractivity contribution in [2.24, 2.45) is 5.92 Å². The zero-order valence-electron chi connectivity index (χ0n) is 16.0. The predicted molar refractivity (Wildman–Crippen MR) is 107 cm³/mol. The lowest BCUT2D eigenvalue weighted by Gasteiger charge is -2.42. The summed E-state index contributed by atoms with van der Waals surface area (Å²) in [5.41, 5.74) is 7.04. The Morgan fingerprint density at radius 3 is 2.72 bits per heavy atom. The number of anilines is 2. The maximum Gasteiger partial charge on any atom is 0.313 e. The molecule has 3 rings (SSSR count). The Morgan fingerprint density at radius 1 is 1.34 bits per heavy atom. The van der Waals surface area contributed by atoms with Crippen LogP contribution >= 0.6 is 11.6 Å². The normalized spacial score (nSPS) is 20.9. The maximum atomic E-state index is 14.4. The fourth-order valence-corrected chi connectivity index (χ4v) is 3.53. The van der Waals surface area contributed by atoms with Crippen molar-refractivity contribution in [1.29, 1.82) is 0 Å². The van der Waals surface area contributed by atoms with Gasteiger partial charge in [-0.1, -0.05) is 30.7 Å². The highest BCUT2D eigenvalue weighted by Gasteiger charge is 2.48. The Hall–Kier alpha value is -2.74. The van der Waals surface area contributed by atoms with Gasteiger partial charge in [-0.2, -0.15) is 0 Å². The van der Waals surface area contributed by atoms with Gasteiger partial charge in [0.25, 0.3) is 5.92 Å². The molecule has 2 amide bonds. The molecule has 0 spiro atoms. The van der Waals surface area contributed by atoms with Crippen LogP contribution < -0.4 is 11.1 Å². The van der Waals surface area contributed by atoms with Crippen molar-refractivity contribution < 1.29 is 18.4 Å². The standard InChI is InChI=1S/C20H21ClF2N4O2/c1-11-6-15(9-25-17(11)24)26-18(28)19(29)27-10-12(2)20(22,23)8-16(27)13-4-3-5-14(21)7-13/h3-7,9,12,16H,8,10H2,1-2H3,(H2,24,25)(H,26,28)/t12-,16+/m1/s1. The van der Waals surface area contributed by atoms with Crippen molar-refractivity contribution in [3.8, 4) is 0 Å². The average molecular weight is 423 g/mol. The molecule has 1 aliphatic rings. The summed E-state index contributed by atoms with van der Waals surface area (Å²) in [7, 11) is 0. The first-order valence-electron chi connectivity index (χ1n) is 9.06. The minimum absolute atomic E-state index is 0.255. The number of rotatable bonds is 2. The Labute approximate surface area is 172 Å². The smallest absolute Gasteiger partial charge is 0.313 e. The van der Waals surface area contributed by atoms with Crippen molar-refractivity contribution >= 4 is 34.9 Å². The number of aromatic nitrogens is 1. The number of carbonyl (C=O) groups excluding carboxylic acids is 2. The van der Waals surface area contributed by atoms with Gasteiger partial charge < -0.3 is 16.0 Å². The molecule has 2 aromatic rings. The quantitative estimate of drug-likeness (QED) is 0.720. The van der Waals surface area contributed by atoms with Gasteiger partial charge in [0.2, 0.25) is 0 Å². The molecule has 154 valence electrons. The molecular weight excluding hydrogens is 402 g/mol. The summed E-state index contributed by atoms with van der Waals surface area (Å²) in [6, 6.07) is 7.00. The maximum absolute atomic E-state index is 14.4. The second-order valence-corrected chi connectivity index (χ2v) is 7.71. The van der Waals surface area contributed by atoms with Crippen molar-refractivity contribution in [3.63, 3.8) is 0 Å². The van der Waals surface area contributed by atoms with Gasteiger partial charge in [0.05, 0.1) is 17.9 Å². The predicted octanol–water partition coefficient (Wildman–Crippen LogP) is 3.81. The third-order valence-electron chi connectivity index (χ3n) is 5.10. The molecule has 3 N–H and O–H groups in total. The van der Waals surface area contributed by atoms with Crippen LogP contribution in [0.3, 0.4) is 0 Å². The molecule has 1 aromatic carbocycles. The molecular formula is C20H21ClF2N4O2. The Bertz CT molecular complexity index is 954. The van der Waals surface area contributed by atoms with E-state index in [0.29, 0.717) is 27.7 Å². The lowest BCUT2D eigenvalue weighted by atomic mass is 9.86. The first kappa shape index (κ1) is 21.0. The van der Waals surface area contributed by atoms with Crippen molar-refractivity contribution in [2.75, 3.05) is 17.6 Å². The van der Waals surface area contributed by atoms with E-state index in [1.165, 1.54) is 24.1 Å². The Morgan fingerprint density at radius 2 is 2.07 bits per heavy atom. The number of piperidine rings is 1. The molecule has 9 heteroatoms. The summed E-state index contributed by atoms with van der Waals surface area (Å²) < 4.78 is 28.8. The molecule has 1 saturated heterocycles. The summed E-state index contributed by atoms with van der Waals surface area (Å²) >= 11 is 6.00. The molecule has 6 nitrogen and oxygen atoms in total. The van der Waals surface area contributed by atoms with Gasteiger partial charge in [-0.3, -0.25) is 9.59 Å². The van der Waals surface area contributed by atoms with Gasteiger partial charge in [-0.25, -0.2) is 13.8 Å². The molecule has 0 aliphatic carbocycles. The van der Waals surface area contributed by atoms with Crippen LogP contribution in [0.2, 0.25) is 5.02 Å². The number of hydrogen-bond acceptors (Lipinski definition) is 4. The second kappa shape index (κ2) is 7.94. The van der Waals surface area contributed by atoms with Gasteiger partial charge in [-0.05, 0) is 36.2 Å². The number of alkyl halides is 2. The largest absolute Gasteiger partial charge is 0.383 e. The van der Waals surface area contributed by atoms with E-state index in [9.17, 15) is 18.4 Å². The van der Waals surface area contributed by atoms with Crippen LogP contribution in [-0.4, -0.2) is 34.2 Å². The van der Waals surface area contributed by atoms with Gasteiger partial charge in [0.1, 0.15) is 5.82 Å². The molecule has 1 aliphatic heterocycles. The van der Waals surface area contributed by atoms with Gasteiger partial charge >= 0.3 is 11.8 Å². The van der Waals surface area contributed by atoms with Gasteiger partial charge in [-0.15, -0.1) is 0 Å². The summed E-state index contributed by atoms with van der Waals surface area (Å²) in [6.45, 7) is 2.82. The monoisotopic (exact) mass is 422 g/mol. The zero-order valence-corrected chi connectivity index (χ0v) is 16.7. The van der Waals surface area contributed by atoms with E-state index < -0.39 is 36.1 Å². The van der Waals surface area contributed by atoms with E-state index in [-0.39, 0.29) is 6.54 Å². The summed E-state index contributed by atoms with van der Waals surface area (Å²) in [4.78, 5) is 30.5. The Kier molecular flexibility index (Phi) is 5.75. The number of aryl methyl sites for hydroxylation is 1. The van der Waals surface area contributed by atoms with E-state index >= 15 is 0 Å². The van der Waals surface area contributed by atoms with Gasteiger partial charge in [0.15, 0.2) is 0 Å². The SMILES string of the molecule is Cc1cc(NC(=O)C(=O)N2C[C@@H](C)C(F)(F)C[C@H]2c2cccc(Cl)c2)cnc1N. The molecule has 0 unspecified atom stereocenters. The van der Waals surface area contributed by atoms with Crippen LogP contribution in [0.15, 0.2) is 36.5 Å². The molecule has 1 aromatic heterocycles. The highest BCUT2D eigenvalue weighted by atomic mass is 35.5. The minimum Gasteiger partial charge on any atom is -0.383 e. The summed E-state index contributed by atoms with van der Waals surface area (Å²) in [5, 5.41) is 2.83. The van der Waals surface area contributed by atoms with Crippen LogP contribution in [0.5, 0.6) is 0 Å². The average Bonchev–Trinajstić information content (AvgIpc) is 2.66. The molecule has 0 bridgehead atoms. The third-order valence-corrected chi connectivity index (χ3v) is 5.33. The molecule has 29 heavy (non-hydrogen) atoms. The number of likely N-dealkylation sites (tertiary alicyclic amines) is 1. The number of nitrogens with one attached hydrogen (secondary N) is 1. The topological polar surface area (TPSA) is 88.3 Å². The number of nitrogens with two attached hydrogens (primary N) is 1. The number of benzene rings is 1. The lowest BCUT2D eigenvalue weighted by Crippen LogP contribution is -2.52. The first-order valence-corrected chi connectivity index (χ1v) is 9.43. The van der Waals surface area contributed by atoms with E-state index in [1.807, 2.05) is 0 Å². The number of amides is 2. The lowest BCUT2D eigenvalue weighted by molar-refractivity contribution is -0.159. The molecule has 2 heterocycles. The highest BCUT2D eigenvalue weighted by molar-refractivity contribution is 6.39. The Balaban J connectivity index is 1.86. The summed E-state index contributed by atoms with van der Waals surface area (Å²) in [5.74, 6) is -5.58. The van der Waals surface area contributed by atoms with E-state index in [0.717, 1.165) is 0 Å². The van der Waals surface area contributed by atoms with E-state index in [1.54, 1.807) is 31.2 Å². The van der Waals surface area contributed by atoms with Crippen LogP contribution in [0, 0.1) is 12.8 Å². The zero-order chi connectivity index (χ0) is 21.3. The highest BCUT2D eigenvalue weighted by Crippen LogP contribution is 2.43. The molecule has 2 atom stereocenters. The van der Waals surface area contributed by atoms with E-state index in [4.69, 9.17) is 17.3 Å². The number of nitrogens with zero attached hydrogens (tertiary/aromatic N) is 2. The molecule has 0 saturated carbocycles. The van der Waals surface area contributed by atoms with Crippen LogP contribution in [0.4, 0.5) is 20.3 Å². The molecule has 1 fully saturated rings.